The number of amides is 6. The molecular formula is C69H66F6N12O6S2. The molecule has 1 saturated carbocycles. The molecule has 492 valence electrons. The van der Waals surface area contributed by atoms with E-state index in [9.17, 15) is 40.7 Å². The van der Waals surface area contributed by atoms with Crippen LogP contribution in [0, 0.1) is 12.8 Å². The largest absolute Gasteiger partial charge is 0.573 e. The number of alkyl halides is 6. The maximum Gasteiger partial charge on any atom is 0.573 e. The first-order chi connectivity index (χ1) is 45.4. The quantitative estimate of drug-likeness (QED) is 0.0462. The lowest BCUT2D eigenvalue weighted by atomic mass is 9.96. The van der Waals surface area contributed by atoms with E-state index in [0.29, 0.717) is 77.4 Å². The lowest BCUT2D eigenvalue weighted by molar-refractivity contribution is -0.275. The molecule has 3 aliphatic rings. The van der Waals surface area contributed by atoms with Crippen molar-refractivity contribution >= 4 is 69.1 Å². The van der Waals surface area contributed by atoms with E-state index in [0.717, 1.165) is 58.0 Å². The fraction of sp³-hybridized carbons (Fsp3) is 0.304. The standard InChI is InChI=1S/C69H66F6N12O6S2/c1-7-32-82(33-30-45-11-16-49(17-12-45)61-76-40-84(80-61)51-20-24-53(25-21-51)92-68(70,71)72)64(90)78-66-86(60(88)39-94-66)58-36-48(15-29-56(58)43(4)5)37-59-63(89)87(57-35-44(6)8-28-55(57)42(2)3)67(95-59)79-65(91)83(38-47-9-10-47)34-31-46-13-18-50(19-14-46)62-77-41-85(81-62)52-22-26-54(27-23-52)93-69(73,74)75/h7-8,11-29,35-36,40-43,47,59H,1,9-10,30-34,37-39H2,2-6H3. The molecular weight excluding hydrogens is 1270 g/mol. The van der Waals surface area contributed by atoms with Gasteiger partial charge in [0.25, 0.3) is 0 Å². The summed E-state index contributed by atoms with van der Waals surface area (Å²) in [5.74, 6) is -0.118. The molecule has 6 aromatic carbocycles. The van der Waals surface area contributed by atoms with E-state index in [2.05, 4.69) is 41.2 Å². The average molecular weight is 1340 g/mol. The summed E-state index contributed by atoms with van der Waals surface area (Å²) in [5.41, 5.74) is 8.80. The molecule has 1 aliphatic carbocycles. The minimum absolute atomic E-state index is 0.0130. The number of halogens is 6. The number of rotatable bonds is 22. The van der Waals surface area contributed by atoms with E-state index in [1.807, 2.05) is 120 Å². The highest BCUT2D eigenvalue weighted by molar-refractivity contribution is 8.16. The molecule has 18 nitrogen and oxygen atoms in total. The lowest BCUT2D eigenvalue weighted by Gasteiger charge is -2.24. The molecule has 3 fully saturated rings. The highest BCUT2D eigenvalue weighted by atomic mass is 32.2. The van der Waals surface area contributed by atoms with E-state index in [4.69, 9.17) is 4.99 Å². The predicted octanol–water partition coefficient (Wildman–Crippen LogP) is 14.9. The van der Waals surface area contributed by atoms with E-state index >= 15 is 4.79 Å². The number of hydrogen-bond donors (Lipinski definition) is 0. The summed E-state index contributed by atoms with van der Waals surface area (Å²) in [7, 11) is 0. The Kier molecular flexibility index (Phi) is 20.1. The summed E-state index contributed by atoms with van der Waals surface area (Å²) in [5, 5.41) is 8.77. The first-order valence-electron chi connectivity index (χ1n) is 30.7. The van der Waals surface area contributed by atoms with Gasteiger partial charge < -0.3 is 19.3 Å². The van der Waals surface area contributed by atoms with Gasteiger partial charge in [-0.05, 0) is 151 Å². The fourth-order valence-corrected chi connectivity index (χ4v) is 13.0. The van der Waals surface area contributed by atoms with E-state index in [-0.39, 0.29) is 70.7 Å². The van der Waals surface area contributed by atoms with Crippen LogP contribution in [0.4, 0.5) is 47.3 Å². The number of nitrogens with zero attached hydrogens (tertiary/aromatic N) is 12. The van der Waals surface area contributed by atoms with Gasteiger partial charge in [-0.2, -0.15) is 9.98 Å². The van der Waals surface area contributed by atoms with Crippen LogP contribution in [-0.4, -0.2) is 123 Å². The van der Waals surface area contributed by atoms with Crippen LogP contribution in [0.15, 0.2) is 169 Å². The summed E-state index contributed by atoms with van der Waals surface area (Å²) in [6, 6.07) is 36.3. The van der Waals surface area contributed by atoms with Crippen molar-refractivity contribution < 1.29 is 55.0 Å². The molecule has 1 atom stereocenters. The van der Waals surface area contributed by atoms with Crippen molar-refractivity contribution in [2.75, 3.05) is 41.7 Å². The van der Waals surface area contributed by atoms with Crippen molar-refractivity contribution in [3.63, 3.8) is 0 Å². The Hall–Kier alpha value is -9.56. The van der Waals surface area contributed by atoms with Crippen LogP contribution in [0.3, 0.4) is 0 Å². The van der Waals surface area contributed by atoms with Crippen LogP contribution in [0.25, 0.3) is 34.2 Å². The molecule has 2 aromatic heterocycles. The number of urea groups is 2. The van der Waals surface area contributed by atoms with Gasteiger partial charge in [-0.15, -0.1) is 43.1 Å². The van der Waals surface area contributed by atoms with E-state index < -0.39 is 30.0 Å². The van der Waals surface area contributed by atoms with Gasteiger partial charge in [-0.25, -0.2) is 28.9 Å². The molecule has 0 N–H and O–H groups in total. The third-order valence-electron chi connectivity index (χ3n) is 16.0. The highest BCUT2D eigenvalue weighted by Crippen LogP contribution is 2.41. The van der Waals surface area contributed by atoms with Crippen molar-refractivity contribution in [3.05, 3.63) is 192 Å². The number of aryl methyl sites for hydroxylation is 1. The summed E-state index contributed by atoms with van der Waals surface area (Å²) >= 11 is 2.39. The number of carbonyl (C=O) groups excluding carboxylic acids is 4. The molecule has 2 saturated heterocycles. The van der Waals surface area contributed by atoms with Gasteiger partial charge in [-0.3, -0.25) is 19.4 Å². The molecule has 95 heavy (non-hydrogen) atoms. The van der Waals surface area contributed by atoms with Crippen LogP contribution in [0.2, 0.25) is 0 Å². The highest BCUT2D eigenvalue weighted by Gasteiger charge is 2.42. The molecule has 8 aromatic rings. The van der Waals surface area contributed by atoms with Crippen LogP contribution < -0.4 is 19.3 Å². The van der Waals surface area contributed by atoms with Gasteiger partial charge in [0.05, 0.1) is 33.8 Å². The van der Waals surface area contributed by atoms with Gasteiger partial charge in [0.2, 0.25) is 11.8 Å². The molecule has 6 amide bonds. The summed E-state index contributed by atoms with van der Waals surface area (Å²) in [6.45, 7) is 15.2. The Balaban J connectivity index is 0.783. The van der Waals surface area contributed by atoms with E-state index in [1.165, 1.54) is 87.2 Å². The second kappa shape index (κ2) is 28.6. The zero-order valence-electron chi connectivity index (χ0n) is 52.4. The second-order valence-electron chi connectivity index (χ2n) is 23.7. The summed E-state index contributed by atoms with van der Waals surface area (Å²) < 4.78 is 87.1. The average Bonchev–Trinajstić information content (AvgIpc) is 1.67. The first kappa shape index (κ1) is 66.9. The zero-order valence-corrected chi connectivity index (χ0v) is 54.1. The van der Waals surface area contributed by atoms with E-state index in [1.54, 1.807) is 20.8 Å². The first-order valence-corrected chi connectivity index (χ1v) is 32.6. The predicted molar refractivity (Wildman–Crippen MR) is 354 cm³/mol. The van der Waals surface area contributed by atoms with Crippen molar-refractivity contribution in [3.8, 4) is 45.6 Å². The topological polar surface area (TPSA) is 186 Å². The SMILES string of the molecule is C=CCN(CCc1ccc(-c2ncn(-c3ccc(OC(F)(F)F)cc3)n2)cc1)C(=O)N=C1SCC(=O)N1c1cc(CC2SC(=NC(=O)N(CCc3ccc(-c4ncn(-c5ccc(OC(F)(F)F)cc5)n4)cc3)CC3CC3)N(c3cc(C)ccc3C(C)C)C2=O)ccc1C(C)C. The number of anilines is 2. The molecule has 0 bridgehead atoms. The minimum atomic E-state index is -4.81. The molecule has 0 spiro atoms. The second-order valence-corrected chi connectivity index (χ2v) is 25.9. The minimum Gasteiger partial charge on any atom is -0.406 e. The normalized spacial score (nSPS) is 16.0. The molecule has 4 heterocycles. The maximum atomic E-state index is 15.2. The van der Waals surface area contributed by atoms with Gasteiger partial charge in [-0.1, -0.05) is 130 Å². The van der Waals surface area contributed by atoms with Crippen LogP contribution in [0.1, 0.15) is 85.8 Å². The Morgan fingerprint density at radius 3 is 1.63 bits per heavy atom. The van der Waals surface area contributed by atoms with Gasteiger partial charge in [0.15, 0.2) is 22.0 Å². The van der Waals surface area contributed by atoms with Crippen LogP contribution in [0.5, 0.6) is 11.5 Å². The van der Waals surface area contributed by atoms with Crippen LogP contribution >= 0.6 is 23.5 Å². The summed E-state index contributed by atoms with van der Waals surface area (Å²) in [6.07, 6.45) is -1.97. The zero-order chi connectivity index (χ0) is 67.3. The number of thioether (sulfide) groups is 2. The Morgan fingerprint density at radius 1 is 0.642 bits per heavy atom. The number of aliphatic imine (C=N–C) groups is 2. The van der Waals surface area contributed by atoms with Gasteiger partial charge in [0.1, 0.15) is 24.2 Å². The van der Waals surface area contributed by atoms with Crippen molar-refractivity contribution in [1.29, 1.82) is 0 Å². The molecule has 0 radical (unpaired) electrons. The Morgan fingerprint density at radius 2 is 1.13 bits per heavy atom. The maximum absolute atomic E-state index is 15.2. The number of aromatic nitrogens is 6. The van der Waals surface area contributed by atoms with Gasteiger partial charge >= 0.3 is 24.8 Å². The third-order valence-corrected chi connectivity index (χ3v) is 18.1. The number of carbonyl (C=O) groups is 4. The summed E-state index contributed by atoms with van der Waals surface area (Å²) in [4.78, 5) is 82.7. The molecule has 11 rings (SSSR count). The number of ether oxygens (including phenoxy) is 2. The Labute approximate surface area is 552 Å². The lowest BCUT2D eigenvalue weighted by Crippen LogP contribution is -2.37. The number of amidine groups is 2. The Bertz CT molecular complexity index is 4190. The fourth-order valence-electron chi connectivity index (χ4n) is 10.9. The third kappa shape index (κ3) is 16.7. The van der Waals surface area contributed by atoms with Crippen LogP contribution in [-0.2, 0) is 28.9 Å². The smallest absolute Gasteiger partial charge is 0.406 e. The molecule has 26 heteroatoms. The van der Waals surface area contributed by atoms with Crippen molar-refractivity contribution in [2.45, 2.75) is 96.5 Å². The number of hydrogen-bond acceptors (Lipinski definition) is 12. The monoisotopic (exact) mass is 1340 g/mol. The molecule has 2 aliphatic heterocycles. The van der Waals surface area contributed by atoms with Crippen molar-refractivity contribution in [1.82, 2.24) is 39.3 Å². The molecule has 1 unspecified atom stereocenters. The number of benzene rings is 6. The van der Waals surface area contributed by atoms with Gasteiger partial charge in [0, 0.05) is 37.3 Å². The van der Waals surface area contributed by atoms with Crippen molar-refractivity contribution in [2.24, 2.45) is 15.9 Å².